The third kappa shape index (κ3) is 3.95. The molecule has 1 aromatic heterocycles. The number of ether oxygens (including phenoxy) is 1. The molecule has 190 valence electrons. The van der Waals surface area contributed by atoms with E-state index in [0.29, 0.717) is 28.8 Å². The van der Waals surface area contributed by atoms with E-state index in [1.807, 2.05) is 0 Å². The number of carbonyl (C=O) groups is 1. The SMILES string of the molecule is COC1CCCC1c1c(-c2ccc(C(=O)O)cc2)c2c(F)c(N)c(C=N)cc2n1-c1ccc(F)c(F)c1. The molecule has 1 aliphatic carbocycles. The van der Waals surface area contributed by atoms with Crippen LogP contribution in [0.2, 0.25) is 0 Å². The van der Waals surface area contributed by atoms with Gasteiger partial charge in [0.1, 0.15) is 0 Å². The molecule has 0 saturated heterocycles. The molecule has 1 aliphatic rings. The van der Waals surface area contributed by atoms with Gasteiger partial charge < -0.3 is 25.6 Å². The summed E-state index contributed by atoms with van der Waals surface area (Å²) in [5.74, 6) is -4.16. The van der Waals surface area contributed by atoms with Crippen LogP contribution in [0.1, 0.15) is 46.8 Å². The van der Waals surface area contributed by atoms with Gasteiger partial charge in [-0.05, 0) is 48.7 Å². The number of carboxylic acid groups (broad SMARTS) is 1. The van der Waals surface area contributed by atoms with Gasteiger partial charge in [0.15, 0.2) is 17.5 Å². The van der Waals surface area contributed by atoms with E-state index in [4.69, 9.17) is 15.9 Å². The first-order valence-electron chi connectivity index (χ1n) is 11.8. The number of rotatable bonds is 6. The lowest BCUT2D eigenvalue weighted by Crippen LogP contribution is -2.18. The topological polar surface area (TPSA) is 101 Å². The molecular formula is C28H24F3N3O3. The fraction of sp³-hybridized carbons (Fsp3) is 0.214. The van der Waals surface area contributed by atoms with Gasteiger partial charge in [-0.3, -0.25) is 0 Å². The van der Waals surface area contributed by atoms with Gasteiger partial charge in [-0.2, -0.15) is 0 Å². The third-order valence-electron chi connectivity index (χ3n) is 7.15. The lowest BCUT2D eigenvalue weighted by molar-refractivity contribution is 0.0697. The summed E-state index contributed by atoms with van der Waals surface area (Å²) in [7, 11) is 1.60. The maximum atomic E-state index is 16.0. The number of carboxylic acids is 1. The predicted molar refractivity (Wildman–Crippen MR) is 135 cm³/mol. The summed E-state index contributed by atoms with van der Waals surface area (Å²) >= 11 is 0. The number of halogens is 3. The highest BCUT2D eigenvalue weighted by Gasteiger charge is 2.36. The molecule has 4 aromatic rings. The monoisotopic (exact) mass is 507 g/mol. The molecule has 9 heteroatoms. The van der Waals surface area contributed by atoms with Crippen molar-refractivity contribution in [2.24, 2.45) is 0 Å². The minimum Gasteiger partial charge on any atom is -0.478 e. The van der Waals surface area contributed by atoms with Gasteiger partial charge in [-0.1, -0.05) is 18.6 Å². The molecule has 5 rings (SSSR count). The summed E-state index contributed by atoms with van der Waals surface area (Å²) in [6, 6.07) is 11.1. The maximum absolute atomic E-state index is 16.0. The highest BCUT2D eigenvalue weighted by molar-refractivity contribution is 6.05. The number of aromatic carboxylic acids is 1. The number of benzene rings is 3. The first-order valence-corrected chi connectivity index (χ1v) is 11.8. The molecule has 2 atom stereocenters. The molecule has 2 unspecified atom stereocenters. The normalized spacial score (nSPS) is 17.4. The molecule has 0 bridgehead atoms. The first kappa shape index (κ1) is 24.6. The number of nitrogens with zero attached hydrogens (tertiary/aromatic N) is 1. The van der Waals surface area contributed by atoms with E-state index in [1.165, 1.54) is 18.2 Å². The molecule has 37 heavy (non-hydrogen) atoms. The van der Waals surface area contributed by atoms with Crippen molar-refractivity contribution in [1.29, 1.82) is 5.41 Å². The smallest absolute Gasteiger partial charge is 0.335 e. The number of methoxy groups -OCH3 is 1. The first-order chi connectivity index (χ1) is 17.8. The van der Waals surface area contributed by atoms with Gasteiger partial charge >= 0.3 is 5.97 Å². The van der Waals surface area contributed by atoms with E-state index < -0.39 is 23.4 Å². The molecule has 1 saturated carbocycles. The summed E-state index contributed by atoms with van der Waals surface area (Å²) in [5.41, 5.74) is 8.28. The van der Waals surface area contributed by atoms with Crippen molar-refractivity contribution in [3.8, 4) is 16.8 Å². The number of fused-ring (bicyclic) bond motifs is 1. The van der Waals surface area contributed by atoms with Crippen LogP contribution in [0.25, 0.3) is 27.7 Å². The maximum Gasteiger partial charge on any atom is 0.335 e. The van der Waals surface area contributed by atoms with Gasteiger partial charge in [0.25, 0.3) is 0 Å². The Bertz CT molecular complexity index is 1550. The van der Waals surface area contributed by atoms with Crippen molar-refractivity contribution >= 4 is 28.8 Å². The Balaban J connectivity index is 1.96. The van der Waals surface area contributed by atoms with E-state index in [2.05, 4.69) is 0 Å². The van der Waals surface area contributed by atoms with Crippen molar-refractivity contribution in [1.82, 2.24) is 4.57 Å². The van der Waals surface area contributed by atoms with E-state index in [-0.39, 0.29) is 39.9 Å². The van der Waals surface area contributed by atoms with Crippen LogP contribution in [-0.2, 0) is 4.74 Å². The van der Waals surface area contributed by atoms with Crippen LogP contribution in [0.4, 0.5) is 18.9 Å². The molecule has 0 spiro atoms. The zero-order valence-electron chi connectivity index (χ0n) is 19.9. The van der Waals surface area contributed by atoms with Crippen molar-refractivity contribution in [3.63, 3.8) is 0 Å². The number of nitrogen functional groups attached to an aromatic ring is 1. The van der Waals surface area contributed by atoms with Crippen LogP contribution in [0, 0.1) is 22.9 Å². The van der Waals surface area contributed by atoms with E-state index in [9.17, 15) is 18.7 Å². The number of hydrogen-bond donors (Lipinski definition) is 3. The number of hydrogen-bond acceptors (Lipinski definition) is 4. The van der Waals surface area contributed by atoms with Crippen LogP contribution >= 0.6 is 0 Å². The van der Waals surface area contributed by atoms with E-state index in [0.717, 1.165) is 31.2 Å². The molecule has 0 amide bonds. The fourth-order valence-corrected chi connectivity index (χ4v) is 5.42. The number of aromatic nitrogens is 1. The third-order valence-corrected chi connectivity index (χ3v) is 7.15. The van der Waals surface area contributed by atoms with Crippen molar-refractivity contribution in [2.45, 2.75) is 31.3 Å². The minimum atomic E-state index is -1.10. The van der Waals surface area contributed by atoms with Crippen LogP contribution in [0.3, 0.4) is 0 Å². The van der Waals surface area contributed by atoms with E-state index in [1.54, 1.807) is 29.9 Å². The highest BCUT2D eigenvalue weighted by atomic mass is 19.2. The lowest BCUT2D eigenvalue weighted by Gasteiger charge is -2.23. The molecule has 3 aromatic carbocycles. The van der Waals surface area contributed by atoms with Gasteiger partial charge in [-0.25, -0.2) is 18.0 Å². The Hall–Kier alpha value is -4.11. The average Bonchev–Trinajstić information content (AvgIpc) is 3.50. The summed E-state index contributed by atoms with van der Waals surface area (Å²) < 4.78 is 51.8. The van der Waals surface area contributed by atoms with Crippen molar-refractivity contribution in [3.05, 3.63) is 82.8 Å². The van der Waals surface area contributed by atoms with Crippen molar-refractivity contribution < 1.29 is 27.8 Å². The Labute approximate surface area is 210 Å². The molecule has 6 nitrogen and oxygen atoms in total. The number of nitrogens with one attached hydrogen (secondary N) is 1. The lowest BCUT2D eigenvalue weighted by atomic mass is 9.91. The minimum absolute atomic E-state index is 0.0661. The average molecular weight is 508 g/mol. The standard InChI is InChI=1S/C28H24F3N3O3/c1-37-22-4-2-3-18(22)27-23(14-5-7-15(8-6-14)28(35)36)24-21(11-16(13-32)26(33)25(24)31)34(27)17-9-10-19(29)20(30)12-17/h5-13,18,22,32H,2-4,33H2,1H3,(H,35,36). The van der Waals surface area contributed by atoms with Crippen molar-refractivity contribution in [2.75, 3.05) is 12.8 Å². The van der Waals surface area contributed by atoms with Crippen LogP contribution in [0.5, 0.6) is 0 Å². The molecule has 1 heterocycles. The summed E-state index contributed by atoms with van der Waals surface area (Å²) in [6.07, 6.45) is 3.03. The zero-order valence-corrected chi connectivity index (χ0v) is 19.9. The van der Waals surface area contributed by atoms with E-state index >= 15 is 4.39 Å². The van der Waals surface area contributed by atoms with Crippen LogP contribution < -0.4 is 5.73 Å². The second-order valence-electron chi connectivity index (χ2n) is 9.12. The fourth-order valence-electron chi connectivity index (χ4n) is 5.42. The molecule has 0 aliphatic heterocycles. The van der Waals surface area contributed by atoms with Crippen LogP contribution in [-0.4, -0.2) is 35.1 Å². The Morgan fingerprint density at radius 1 is 1.11 bits per heavy atom. The largest absolute Gasteiger partial charge is 0.478 e. The summed E-state index contributed by atoms with van der Waals surface area (Å²) in [5, 5.41) is 17.3. The van der Waals surface area contributed by atoms with Crippen LogP contribution in [0.15, 0.2) is 48.5 Å². The summed E-state index contributed by atoms with van der Waals surface area (Å²) in [6.45, 7) is 0. The number of nitrogens with two attached hydrogens (primary N) is 1. The Morgan fingerprint density at radius 3 is 2.46 bits per heavy atom. The van der Waals surface area contributed by atoms with Gasteiger partial charge in [0.05, 0.1) is 22.9 Å². The Kier molecular flexibility index (Phi) is 6.25. The number of anilines is 1. The molecular weight excluding hydrogens is 483 g/mol. The molecule has 4 N–H and O–H groups in total. The Morgan fingerprint density at radius 2 is 1.84 bits per heavy atom. The zero-order chi connectivity index (χ0) is 26.4. The highest BCUT2D eigenvalue weighted by Crippen LogP contribution is 2.48. The summed E-state index contributed by atoms with van der Waals surface area (Å²) in [4.78, 5) is 11.5. The predicted octanol–water partition coefficient (Wildman–Crippen LogP) is 6.28. The van der Waals surface area contributed by atoms with Gasteiger partial charge in [-0.15, -0.1) is 0 Å². The molecule has 1 fully saturated rings. The second kappa shape index (κ2) is 9.40. The molecule has 0 radical (unpaired) electrons. The quantitative estimate of drug-likeness (QED) is 0.211. The van der Waals surface area contributed by atoms with Gasteiger partial charge in [0.2, 0.25) is 0 Å². The van der Waals surface area contributed by atoms with Gasteiger partial charge in [0, 0.05) is 53.2 Å². The second-order valence-corrected chi connectivity index (χ2v) is 9.12.